The fourth-order valence-electron chi connectivity index (χ4n) is 3.01. The third-order valence-electron chi connectivity index (χ3n) is 4.37. The SMILES string of the molecule is CCSc1nnc(NC(=O)CN2CCC(Cn3ccnc3C)CC2)s1. The lowest BCUT2D eigenvalue weighted by atomic mass is 9.96. The maximum atomic E-state index is 12.2. The van der Waals surface area contributed by atoms with Gasteiger partial charge in [-0.25, -0.2) is 4.98 Å². The van der Waals surface area contributed by atoms with Gasteiger partial charge in [0, 0.05) is 18.9 Å². The quantitative estimate of drug-likeness (QED) is 0.587. The van der Waals surface area contributed by atoms with E-state index in [0.29, 0.717) is 17.6 Å². The third-order valence-corrected chi connectivity index (χ3v) is 6.23. The molecule has 3 heterocycles. The summed E-state index contributed by atoms with van der Waals surface area (Å²) in [7, 11) is 0. The van der Waals surface area contributed by atoms with Gasteiger partial charge in [0.25, 0.3) is 0 Å². The number of aryl methyl sites for hydroxylation is 1. The molecule has 25 heavy (non-hydrogen) atoms. The van der Waals surface area contributed by atoms with Gasteiger partial charge in [-0.1, -0.05) is 30.0 Å². The van der Waals surface area contributed by atoms with Gasteiger partial charge in [0.05, 0.1) is 6.54 Å². The van der Waals surface area contributed by atoms with E-state index in [-0.39, 0.29) is 5.91 Å². The average Bonchev–Trinajstić information content (AvgIpc) is 3.19. The molecule has 0 bridgehead atoms. The van der Waals surface area contributed by atoms with Gasteiger partial charge in [0.1, 0.15) is 5.82 Å². The number of imidazole rings is 1. The number of rotatable bonds is 7. The summed E-state index contributed by atoms with van der Waals surface area (Å²) in [5.41, 5.74) is 0. The molecule has 0 spiro atoms. The molecule has 1 N–H and O–H groups in total. The second-order valence-corrected chi connectivity index (χ2v) is 8.69. The zero-order chi connectivity index (χ0) is 17.6. The monoisotopic (exact) mass is 380 g/mol. The van der Waals surface area contributed by atoms with Crippen LogP contribution in [-0.4, -0.2) is 55.9 Å². The molecule has 0 atom stereocenters. The Morgan fingerprint density at radius 1 is 1.40 bits per heavy atom. The van der Waals surface area contributed by atoms with Crippen LogP contribution in [0.4, 0.5) is 5.13 Å². The van der Waals surface area contributed by atoms with Crippen molar-refractivity contribution in [1.29, 1.82) is 0 Å². The van der Waals surface area contributed by atoms with Crippen molar-refractivity contribution in [3.05, 3.63) is 18.2 Å². The van der Waals surface area contributed by atoms with Gasteiger partial charge in [-0.15, -0.1) is 10.2 Å². The molecule has 3 rings (SSSR count). The fraction of sp³-hybridized carbons (Fsp3) is 0.625. The van der Waals surface area contributed by atoms with Crippen molar-refractivity contribution in [3.63, 3.8) is 0 Å². The van der Waals surface area contributed by atoms with Crippen LogP contribution in [0, 0.1) is 12.8 Å². The van der Waals surface area contributed by atoms with Gasteiger partial charge in [-0.05, 0) is 44.5 Å². The first-order chi connectivity index (χ1) is 12.1. The maximum Gasteiger partial charge on any atom is 0.240 e. The van der Waals surface area contributed by atoms with Crippen LogP contribution < -0.4 is 5.32 Å². The third kappa shape index (κ3) is 5.26. The Morgan fingerprint density at radius 2 is 2.20 bits per heavy atom. The number of hydrogen-bond donors (Lipinski definition) is 1. The molecule has 7 nitrogen and oxygen atoms in total. The number of piperidine rings is 1. The van der Waals surface area contributed by atoms with Gasteiger partial charge in [-0.3, -0.25) is 15.0 Å². The Hall–Kier alpha value is -1.45. The lowest BCUT2D eigenvalue weighted by molar-refractivity contribution is -0.117. The molecule has 136 valence electrons. The first-order valence-corrected chi connectivity index (χ1v) is 10.4. The van der Waals surface area contributed by atoms with E-state index in [1.165, 1.54) is 11.3 Å². The lowest BCUT2D eigenvalue weighted by Crippen LogP contribution is -2.40. The van der Waals surface area contributed by atoms with E-state index >= 15 is 0 Å². The number of likely N-dealkylation sites (tertiary alicyclic amines) is 1. The Labute approximate surface area is 156 Å². The fourth-order valence-corrected chi connectivity index (χ4v) is 4.67. The van der Waals surface area contributed by atoms with Crippen molar-refractivity contribution >= 4 is 34.1 Å². The van der Waals surface area contributed by atoms with E-state index in [0.717, 1.165) is 48.4 Å². The maximum absolute atomic E-state index is 12.2. The number of nitrogens with one attached hydrogen (secondary N) is 1. The molecular weight excluding hydrogens is 356 g/mol. The summed E-state index contributed by atoms with van der Waals surface area (Å²) in [6, 6.07) is 0. The minimum absolute atomic E-state index is 0.00639. The van der Waals surface area contributed by atoms with Gasteiger partial charge in [-0.2, -0.15) is 0 Å². The minimum Gasteiger partial charge on any atom is -0.335 e. The average molecular weight is 381 g/mol. The Balaban J connectivity index is 1.40. The molecule has 9 heteroatoms. The lowest BCUT2D eigenvalue weighted by Gasteiger charge is -2.31. The Bertz CT molecular complexity index is 692. The summed E-state index contributed by atoms with van der Waals surface area (Å²) >= 11 is 3.07. The van der Waals surface area contributed by atoms with Gasteiger partial charge < -0.3 is 4.57 Å². The summed E-state index contributed by atoms with van der Waals surface area (Å²) in [5.74, 6) is 2.67. The van der Waals surface area contributed by atoms with E-state index in [1.54, 1.807) is 11.8 Å². The van der Waals surface area contributed by atoms with Crippen molar-refractivity contribution in [3.8, 4) is 0 Å². The summed E-state index contributed by atoms with van der Waals surface area (Å²) < 4.78 is 3.11. The van der Waals surface area contributed by atoms with E-state index in [2.05, 4.69) is 36.9 Å². The highest BCUT2D eigenvalue weighted by atomic mass is 32.2. The highest BCUT2D eigenvalue weighted by Crippen LogP contribution is 2.25. The number of anilines is 1. The van der Waals surface area contributed by atoms with Crippen LogP contribution in [-0.2, 0) is 11.3 Å². The Morgan fingerprint density at radius 3 is 2.88 bits per heavy atom. The molecule has 0 saturated carbocycles. The second kappa shape index (κ2) is 8.77. The van der Waals surface area contributed by atoms with Crippen LogP contribution in [0.2, 0.25) is 0 Å². The number of carbonyl (C=O) groups is 1. The molecular formula is C16H24N6OS2. The minimum atomic E-state index is -0.00639. The molecule has 1 fully saturated rings. The van der Waals surface area contributed by atoms with E-state index < -0.39 is 0 Å². The van der Waals surface area contributed by atoms with E-state index in [1.807, 2.05) is 19.3 Å². The number of hydrogen-bond acceptors (Lipinski definition) is 7. The number of thioether (sulfide) groups is 1. The van der Waals surface area contributed by atoms with Crippen LogP contribution in [0.25, 0.3) is 0 Å². The van der Waals surface area contributed by atoms with Crippen molar-refractivity contribution in [1.82, 2.24) is 24.6 Å². The molecule has 1 amide bonds. The standard InChI is InChI=1S/C16H24N6OS2/c1-3-24-16-20-19-15(25-16)18-14(23)11-21-7-4-13(5-8-21)10-22-9-6-17-12(22)2/h6,9,13H,3-5,7-8,10-11H2,1-2H3,(H,18,19,23). The summed E-state index contributed by atoms with van der Waals surface area (Å²) in [4.78, 5) is 18.7. The summed E-state index contributed by atoms with van der Waals surface area (Å²) in [6.45, 7) is 7.47. The van der Waals surface area contributed by atoms with Crippen molar-refractivity contribution < 1.29 is 4.79 Å². The number of aromatic nitrogens is 4. The normalized spacial score (nSPS) is 16.2. The van der Waals surface area contributed by atoms with Crippen molar-refractivity contribution in [2.45, 2.75) is 37.6 Å². The van der Waals surface area contributed by atoms with Gasteiger partial charge in [0.15, 0.2) is 4.34 Å². The molecule has 1 saturated heterocycles. The van der Waals surface area contributed by atoms with Crippen molar-refractivity contribution in [2.75, 3.05) is 30.7 Å². The molecule has 0 aliphatic carbocycles. The number of nitrogens with zero attached hydrogens (tertiary/aromatic N) is 5. The summed E-state index contributed by atoms with van der Waals surface area (Å²) in [6.07, 6.45) is 6.12. The molecule has 0 aromatic carbocycles. The smallest absolute Gasteiger partial charge is 0.240 e. The van der Waals surface area contributed by atoms with E-state index in [4.69, 9.17) is 0 Å². The van der Waals surface area contributed by atoms with Gasteiger partial charge >= 0.3 is 0 Å². The predicted octanol–water partition coefficient (Wildman–Crippen LogP) is 2.51. The second-order valence-electron chi connectivity index (χ2n) is 6.20. The van der Waals surface area contributed by atoms with Crippen LogP contribution in [0.3, 0.4) is 0 Å². The molecule has 2 aromatic rings. The van der Waals surface area contributed by atoms with Crippen LogP contribution in [0.5, 0.6) is 0 Å². The molecule has 0 unspecified atom stereocenters. The topological polar surface area (TPSA) is 75.9 Å². The molecule has 0 radical (unpaired) electrons. The summed E-state index contributed by atoms with van der Waals surface area (Å²) in [5, 5.41) is 11.5. The molecule has 1 aliphatic heterocycles. The number of carbonyl (C=O) groups excluding carboxylic acids is 1. The molecule has 1 aliphatic rings. The first kappa shape index (κ1) is 18.3. The zero-order valence-corrected chi connectivity index (χ0v) is 16.3. The van der Waals surface area contributed by atoms with Crippen molar-refractivity contribution in [2.24, 2.45) is 5.92 Å². The first-order valence-electron chi connectivity index (χ1n) is 8.60. The Kier molecular flexibility index (Phi) is 6.44. The highest BCUT2D eigenvalue weighted by Gasteiger charge is 2.22. The predicted molar refractivity (Wildman–Crippen MR) is 101 cm³/mol. The molecule has 2 aromatic heterocycles. The largest absolute Gasteiger partial charge is 0.335 e. The van der Waals surface area contributed by atoms with Gasteiger partial charge in [0.2, 0.25) is 11.0 Å². The zero-order valence-electron chi connectivity index (χ0n) is 14.6. The number of amides is 1. The van der Waals surface area contributed by atoms with E-state index in [9.17, 15) is 4.79 Å². The van der Waals surface area contributed by atoms with Crippen LogP contribution in [0.15, 0.2) is 16.7 Å². The van der Waals surface area contributed by atoms with Crippen LogP contribution >= 0.6 is 23.1 Å². The van der Waals surface area contributed by atoms with Crippen LogP contribution in [0.1, 0.15) is 25.6 Å². The highest BCUT2D eigenvalue weighted by molar-refractivity contribution is 8.01.